The number of halogens is 2. The van der Waals surface area contributed by atoms with Gasteiger partial charge < -0.3 is 5.11 Å². The zero-order valence-corrected chi connectivity index (χ0v) is 20.6. The van der Waals surface area contributed by atoms with Crippen molar-refractivity contribution in [1.29, 1.82) is 5.41 Å². The lowest BCUT2D eigenvalue weighted by atomic mass is 9.73. The molecular weight excluding hydrogens is 512 g/mol. The fourth-order valence-corrected chi connectivity index (χ4v) is 5.32. The Kier molecular flexibility index (Phi) is 6.15. The molecule has 34 heavy (non-hydrogen) atoms. The second-order valence-corrected chi connectivity index (χ2v) is 9.71. The second-order valence-electron chi connectivity index (χ2n) is 8.39. The number of carbonyl (C=O) groups excluding carboxylic acids is 1. The van der Waals surface area contributed by atoms with Gasteiger partial charge in [-0.2, -0.15) is 0 Å². The number of aliphatic hydroxyl groups is 1. The third kappa shape index (κ3) is 3.89. The predicted octanol–water partition coefficient (Wildman–Crippen LogP) is 7.66. The van der Waals surface area contributed by atoms with Gasteiger partial charge in [-0.1, -0.05) is 82.1 Å². The first-order valence-corrected chi connectivity index (χ1v) is 12.3. The SMILES string of the molecule is N=C1/C(=C(/O)c2ccccc2)[C@@H](c2ccc(Br)cc2)C2=C(CCCC2=O)N1c1ccccc1Cl. The van der Waals surface area contributed by atoms with Crippen molar-refractivity contribution >= 4 is 50.6 Å². The van der Waals surface area contributed by atoms with E-state index in [-0.39, 0.29) is 17.4 Å². The van der Waals surface area contributed by atoms with E-state index in [1.54, 1.807) is 23.1 Å². The minimum absolute atomic E-state index is 0.0134. The summed E-state index contributed by atoms with van der Waals surface area (Å²) in [4.78, 5) is 15.2. The molecule has 0 saturated carbocycles. The van der Waals surface area contributed by atoms with Gasteiger partial charge in [0.15, 0.2) is 5.78 Å². The Labute approximate surface area is 211 Å². The number of amidine groups is 1. The zero-order valence-electron chi connectivity index (χ0n) is 18.3. The third-order valence-electron chi connectivity index (χ3n) is 6.35. The Balaban J connectivity index is 1.84. The van der Waals surface area contributed by atoms with Crippen molar-refractivity contribution in [3.8, 4) is 0 Å². The molecule has 0 unspecified atom stereocenters. The van der Waals surface area contributed by atoms with Crippen LogP contribution in [0.15, 0.2) is 100 Å². The Morgan fingerprint density at radius 3 is 2.35 bits per heavy atom. The molecule has 1 heterocycles. The van der Waals surface area contributed by atoms with E-state index < -0.39 is 5.92 Å². The van der Waals surface area contributed by atoms with Crippen molar-refractivity contribution in [2.24, 2.45) is 0 Å². The smallest absolute Gasteiger partial charge is 0.161 e. The normalized spacial score (nSPS) is 19.8. The molecule has 0 saturated heterocycles. The van der Waals surface area contributed by atoms with Gasteiger partial charge in [-0.25, -0.2) is 0 Å². The second kappa shape index (κ2) is 9.24. The molecule has 1 aliphatic carbocycles. The highest BCUT2D eigenvalue weighted by Gasteiger charge is 2.43. The summed E-state index contributed by atoms with van der Waals surface area (Å²) in [7, 11) is 0. The standard InChI is InChI=1S/C28H22BrClN2O2/c29-19-15-13-17(14-16-19)24-25-22(11-6-12-23(25)33)32(21-10-5-4-9-20(21)30)28(31)26(24)27(34)18-7-2-1-3-8-18/h1-5,7-10,13-16,24,31,34H,6,11-12H2/b27-26+,31-28?/t24-/m0/s1. The maximum Gasteiger partial charge on any atom is 0.161 e. The maximum atomic E-state index is 13.5. The van der Waals surface area contributed by atoms with Crippen LogP contribution in [0.2, 0.25) is 5.02 Å². The number of para-hydroxylation sites is 1. The first kappa shape index (κ1) is 22.6. The number of aliphatic hydroxyl groups excluding tert-OH is 1. The molecule has 0 radical (unpaired) electrons. The topological polar surface area (TPSA) is 64.4 Å². The van der Waals surface area contributed by atoms with Crippen LogP contribution in [-0.4, -0.2) is 16.7 Å². The predicted molar refractivity (Wildman–Crippen MR) is 140 cm³/mol. The van der Waals surface area contributed by atoms with Gasteiger partial charge in [-0.3, -0.25) is 15.1 Å². The molecule has 0 spiro atoms. The summed E-state index contributed by atoms with van der Waals surface area (Å²) in [5.41, 5.74) is 3.88. The molecule has 0 amide bonds. The molecular formula is C28H22BrClN2O2. The minimum atomic E-state index is -0.553. The molecule has 0 bridgehead atoms. The van der Waals surface area contributed by atoms with Crippen LogP contribution >= 0.6 is 27.5 Å². The van der Waals surface area contributed by atoms with Crippen LogP contribution in [-0.2, 0) is 4.79 Å². The molecule has 1 atom stereocenters. The number of rotatable bonds is 3. The van der Waals surface area contributed by atoms with Gasteiger partial charge in [0.05, 0.1) is 10.7 Å². The fourth-order valence-electron chi connectivity index (χ4n) is 4.83. The van der Waals surface area contributed by atoms with E-state index in [4.69, 9.17) is 11.6 Å². The number of nitrogens with one attached hydrogen (secondary N) is 1. The van der Waals surface area contributed by atoms with E-state index in [2.05, 4.69) is 15.9 Å². The summed E-state index contributed by atoms with van der Waals surface area (Å²) in [5, 5.41) is 21.4. The molecule has 5 rings (SSSR count). The highest BCUT2D eigenvalue weighted by atomic mass is 79.9. The van der Waals surface area contributed by atoms with Crippen molar-refractivity contribution in [2.75, 3.05) is 4.90 Å². The molecule has 1 aliphatic heterocycles. The lowest BCUT2D eigenvalue weighted by molar-refractivity contribution is -0.116. The summed E-state index contributed by atoms with van der Waals surface area (Å²) >= 11 is 10.1. The maximum absolute atomic E-state index is 13.5. The number of Topliss-reactive ketones (excluding diaryl/α,β-unsaturated/α-hetero) is 1. The van der Waals surface area contributed by atoms with Crippen LogP contribution in [0.25, 0.3) is 5.76 Å². The summed E-state index contributed by atoms with van der Waals surface area (Å²) in [5.74, 6) is -0.407. The van der Waals surface area contributed by atoms with Gasteiger partial charge in [-0.05, 0) is 42.7 Å². The molecule has 0 fully saturated rings. The Morgan fingerprint density at radius 2 is 1.65 bits per heavy atom. The van der Waals surface area contributed by atoms with E-state index in [0.717, 1.165) is 15.7 Å². The van der Waals surface area contributed by atoms with Crippen molar-refractivity contribution in [1.82, 2.24) is 0 Å². The van der Waals surface area contributed by atoms with Crippen LogP contribution in [0.5, 0.6) is 0 Å². The highest BCUT2D eigenvalue weighted by Crippen LogP contribution is 2.48. The minimum Gasteiger partial charge on any atom is -0.507 e. The lowest BCUT2D eigenvalue weighted by Crippen LogP contribution is -2.42. The van der Waals surface area contributed by atoms with Gasteiger partial charge in [0.25, 0.3) is 0 Å². The zero-order chi connectivity index (χ0) is 23.8. The quantitative estimate of drug-likeness (QED) is 0.340. The summed E-state index contributed by atoms with van der Waals surface area (Å²) in [6, 6.07) is 24.2. The van der Waals surface area contributed by atoms with Crippen molar-refractivity contribution < 1.29 is 9.90 Å². The van der Waals surface area contributed by atoms with Crippen LogP contribution in [0.4, 0.5) is 5.69 Å². The van der Waals surface area contributed by atoms with E-state index in [0.29, 0.717) is 46.7 Å². The molecule has 3 aromatic carbocycles. The van der Waals surface area contributed by atoms with Crippen LogP contribution in [0, 0.1) is 5.41 Å². The van der Waals surface area contributed by atoms with Crippen LogP contribution in [0.1, 0.15) is 36.3 Å². The van der Waals surface area contributed by atoms with Crippen molar-refractivity contribution in [2.45, 2.75) is 25.2 Å². The molecule has 170 valence electrons. The van der Waals surface area contributed by atoms with E-state index >= 15 is 0 Å². The van der Waals surface area contributed by atoms with Crippen LogP contribution < -0.4 is 4.90 Å². The highest BCUT2D eigenvalue weighted by molar-refractivity contribution is 9.10. The number of anilines is 1. The number of hydrogen-bond donors (Lipinski definition) is 2. The van der Waals surface area contributed by atoms with E-state index in [1.807, 2.05) is 60.7 Å². The fraction of sp³-hybridized carbons (Fsp3) is 0.143. The number of hydrogen-bond acceptors (Lipinski definition) is 3. The largest absolute Gasteiger partial charge is 0.507 e. The lowest BCUT2D eigenvalue weighted by Gasteiger charge is -2.42. The monoisotopic (exact) mass is 532 g/mol. The summed E-state index contributed by atoms with van der Waals surface area (Å²) in [6.07, 6.45) is 1.80. The number of nitrogens with zero attached hydrogens (tertiary/aromatic N) is 1. The molecule has 4 nitrogen and oxygen atoms in total. The van der Waals surface area contributed by atoms with Gasteiger partial charge in [0.2, 0.25) is 0 Å². The number of carbonyl (C=O) groups is 1. The number of ketones is 1. The van der Waals surface area contributed by atoms with Crippen LogP contribution in [0.3, 0.4) is 0 Å². The van der Waals surface area contributed by atoms with Gasteiger partial charge in [0.1, 0.15) is 11.6 Å². The Bertz CT molecular complexity index is 1350. The molecule has 3 aromatic rings. The molecule has 0 aromatic heterocycles. The Hall–Kier alpha value is -3.15. The van der Waals surface area contributed by atoms with Gasteiger partial charge in [0, 0.05) is 39.2 Å². The van der Waals surface area contributed by atoms with Crippen molar-refractivity contribution in [3.05, 3.63) is 116 Å². The van der Waals surface area contributed by atoms with E-state index in [1.165, 1.54) is 0 Å². The van der Waals surface area contributed by atoms with E-state index in [9.17, 15) is 15.3 Å². The van der Waals surface area contributed by atoms with Gasteiger partial charge in [-0.15, -0.1) is 0 Å². The number of allylic oxidation sites excluding steroid dienone is 2. The molecule has 2 N–H and O–H groups in total. The van der Waals surface area contributed by atoms with Gasteiger partial charge >= 0.3 is 0 Å². The first-order valence-electron chi connectivity index (χ1n) is 11.1. The first-order chi connectivity index (χ1) is 16.5. The summed E-state index contributed by atoms with van der Waals surface area (Å²) < 4.78 is 0.918. The van der Waals surface area contributed by atoms with Crippen molar-refractivity contribution in [3.63, 3.8) is 0 Å². The average molecular weight is 534 g/mol. The Morgan fingerprint density at radius 1 is 0.971 bits per heavy atom. The number of benzene rings is 3. The molecule has 6 heteroatoms. The average Bonchev–Trinajstić information content (AvgIpc) is 2.85. The third-order valence-corrected chi connectivity index (χ3v) is 7.20. The summed E-state index contributed by atoms with van der Waals surface area (Å²) in [6.45, 7) is 0. The molecule has 2 aliphatic rings.